The molecule has 0 aliphatic rings. The third-order valence-electron chi connectivity index (χ3n) is 2.64. The van der Waals surface area contributed by atoms with Gasteiger partial charge in [-0.25, -0.2) is 0 Å². The van der Waals surface area contributed by atoms with Gasteiger partial charge in [0.25, 0.3) is 0 Å². The number of benzene rings is 1. The Kier molecular flexibility index (Phi) is 3.83. The van der Waals surface area contributed by atoms with Crippen LogP contribution >= 0.6 is 0 Å². The predicted molar refractivity (Wildman–Crippen MR) is 72.0 cm³/mol. The number of nitrogens with zero attached hydrogens (tertiary/aromatic N) is 1. The van der Waals surface area contributed by atoms with Crippen LogP contribution in [0.15, 0.2) is 42.6 Å². The minimum absolute atomic E-state index is 0.831. The first-order valence-corrected chi connectivity index (χ1v) is 5.84. The number of para-hydroxylation sites is 1. The molecule has 0 radical (unpaired) electrons. The van der Waals surface area contributed by atoms with Crippen molar-refractivity contribution in [1.29, 1.82) is 0 Å². The van der Waals surface area contributed by atoms with Gasteiger partial charge < -0.3 is 15.2 Å². The first kappa shape index (κ1) is 11.7. The zero-order valence-electron chi connectivity index (χ0n) is 10.4. The summed E-state index contributed by atoms with van der Waals surface area (Å²) in [6, 6.07) is 12.5. The van der Waals surface area contributed by atoms with Crippen LogP contribution in [0.3, 0.4) is 0 Å². The van der Waals surface area contributed by atoms with Crippen LogP contribution in [0.5, 0.6) is 0 Å². The van der Waals surface area contributed by atoms with Crippen molar-refractivity contribution in [3.05, 3.63) is 53.9 Å². The summed E-state index contributed by atoms with van der Waals surface area (Å²) in [7, 11) is 4.17. The smallest absolute Gasteiger partial charge is 0.0551 e. The van der Waals surface area contributed by atoms with Crippen molar-refractivity contribution in [1.82, 2.24) is 9.88 Å². The molecule has 0 aliphatic heterocycles. The highest BCUT2D eigenvalue weighted by Gasteiger charge is 2.02. The predicted octanol–water partition coefficient (Wildman–Crippen LogP) is 2.69. The molecule has 2 aromatic rings. The lowest BCUT2D eigenvalue weighted by Gasteiger charge is -2.15. The molecule has 2 rings (SSSR count). The molecule has 1 heterocycles. The van der Waals surface area contributed by atoms with Gasteiger partial charge in [-0.15, -0.1) is 0 Å². The van der Waals surface area contributed by atoms with Gasteiger partial charge in [0.15, 0.2) is 0 Å². The van der Waals surface area contributed by atoms with Gasteiger partial charge >= 0.3 is 0 Å². The highest BCUT2D eigenvalue weighted by atomic mass is 15.1. The highest BCUT2D eigenvalue weighted by Crippen LogP contribution is 2.17. The van der Waals surface area contributed by atoms with E-state index in [-0.39, 0.29) is 0 Å². The first-order valence-electron chi connectivity index (χ1n) is 5.84. The molecule has 2 N–H and O–H groups in total. The van der Waals surface area contributed by atoms with Crippen molar-refractivity contribution < 1.29 is 0 Å². The van der Waals surface area contributed by atoms with Crippen molar-refractivity contribution in [3.8, 4) is 0 Å². The van der Waals surface area contributed by atoms with E-state index >= 15 is 0 Å². The summed E-state index contributed by atoms with van der Waals surface area (Å²) in [6.45, 7) is 1.78. The Bertz CT molecular complexity index is 446. The average molecular weight is 229 g/mol. The number of hydrogen-bond acceptors (Lipinski definition) is 2. The fraction of sp³-hybridized carbons (Fsp3) is 0.286. The van der Waals surface area contributed by atoms with E-state index in [1.165, 1.54) is 16.9 Å². The Balaban J connectivity index is 2.04. The second kappa shape index (κ2) is 5.55. The minimum Gasteiger partial charge on any atom is -0.379 e. The van der Waals surface area contributed by atoms with Crippen molar-refractivity contribution in [2.24, 2.45) is 0 Å². The van der Waals surface area contributed by atoms with Gasteiger partial charge in [-0.05, 0) is 37.9 Å². The zero-order chi connectivity index (χ0) is 12.1. The average Bonchev–Trinajstić information content (AvgIpc) is 2.80. The molecule has 90 valence electrons. The van der Waals surface area contributed by atoms with Gasteiger partial charge in [0, 0.05) is 24.1 Å². The molecule has 0 amide bonds. The topological polar surface area (TPSA) is 31.1 Å². The highest BCUT2D eigenvalue weighted by molar-refractivity contribution is 5.51. The Morgan fingerprint density at radius 2 is 1.94 bits per heavy atom. The normalized spacial score (nSPS) is 10.8. The molecule has 0 unspecified atom stereocenters. The summed E-state index contributed by atoms with van der Waals surface area (Å²) in [5.41, 5.74) is 3.73. The van der Waals surface area contributed by atoms with E-state index in [2.05, 4.69) is 59.6 Å². The molecule has 0 aliphatic carbocycles. The van der Waals surface area contributed by atoms with Crippen molar-refractivity contribution in [2.45, 2.75) is 13.1 Å². The Hall–Kier alpha value is -1.74. The van der Waals surface area contributed by atoms with Gasteiger partial charge in [0.05, 0.1) is 6.54 Å². The molecular weight excluding hydrogens is 210 g/mol. The lowest BCUT2D eigenvalue weighted by atomic mass is 10.1. The maximum absolute atomic E-state index is 3.46. The van der Waals surface area contributed by atoms with Crippen LogP contribution in [0.4, 0.5) is 5.69 Å². The van der Waals surface area contributed by atoms with Crippen LogP contribution in [-0.2, 0) is 13.1 Å². The van der Waals surface area contributed by atoms with Crippen molar-refractivity contribution in [2.75, 3.05) is 19.4 Å². The second-order valence-electron chi connectivity index (χ2n) is 4.44. The van der Waals surface area contributed by atoms with E-state index in [0.717, 1.165) is 13.1 Å². The van der Waals surface area contributed by atoms with E-state index < -0.39 is 0 Å². The molecule has 3 heteroatoms. The summed E-state index contributed by atoms with van der Waals surface area (Å²) in [6.07, 6.45) is 1.95. The molecule has 0 bridgehead atoms. The summed E-state index contributed by atoms with van der Waals surface area (Å²) >= 11 is 0. The summed E-state index contributed by atoms with van der Waals surface area (Å²) in [5.74, 6) is 0. The number of aromatic nitrogens is 1. The van der Waals surface area contributed by atoms with Gasteiger partial charge in [-0.3, -0.25) is 0 Å². The van der Waals surface area contributed by atoms with Crippen LogP contribution < -0.4 is 5.32 Å². The van der Waals surface area contributed by atoms with Crippen LogP contribution in [0.25, 0.3) is 0 Å². The third-order valence-corrected chi connectivity index (χ3v) is 2.64. The van der Waals surface area contributed by atoms with E-state index in [1.807, 2.05) is 12.3 Å². The fourth-order valence-corrected chi connectivity index (χ4v) is 1.84. The zero-order valence-corrected chi connectivity index (χ0v) is 10.4. The van der Waals surface area contributed by atoms with Crippen LogP contribution in [0, 0.1) is 0 Å². The van der Waals surface area contributed by atoms with E-state index in [1.54, 1.807) is 0 Å². The number of hydrogen-bond donors (Lipinski definition) is 2. The van der Waals surface area contributed by atoms with Crippen LogP contribution in [0.2, 0.25) is 0 Å². The molecular formula is C14H19N3. The molecule has 0 atom stereocenters. The maximum Gasteiger partial charge on any atom is 0.0551 e. The van der Waals surface area contributed by atoms with Crippen molar-refractivity contribution >= 4 is 5.69 Å². The maximum atomic E-state index is 3.46. The number of anilines is 1. The van der Waals surface area contributed by atoms with Gasteiger partial charge in [0.1, 0.15) is 0 Å². The lowest BCUT2D eigenvalue weighted by molar-refractivity contribution is 0.403. The van der Waals surface area contributed by atoms with E-state index in [0.29, 0.717) is 0 Å². The summed E-state index contributed by atoms with van der Waals surface area (Å²) in [5, 5.41) is 3.46. The second-order valence-corrected chi connectivity index (χ2v) is 4.44. The van der Waals surface area contributed by atoms with Gasteiger partial charge in [-0.2, -0.15) is 0 Å². The van der Waals surface area contributed by atoms with E-state index in [9.17, 15) is 0 Å². The Morgan fingerprint density at radius 3 is 2.65 bits per heavy atom. The number of aromatic amines is 1. The largest absolute Gasteiger partial charge is 0.379 e. The molecule has 17 heavy (non-hydrogen) atoms. The summed E-state index contributed by atoms with van der Waals surface area (Å²) < 4.78 is 0. The first-order chi connectivity index (χ1) is 8.25. The quantitative estimate of drug-likeness (QED) is 0.826. The number of rotatable bonds is 5. The molecule has 1 aromatic heterocycles. The molecule has 0 spiro atoms. The monoisotopic (exact) mass is 229 g/mol. The molecule has 0 fully saturated rings. The SMILES string of the molecule is CN(C)Cc1ccccc1NCc1ccc[nH]1. The molecule has 0 saturated carbocycles. The third kappa shape index (κ3) is 3.36. The standard InChI is InChI=1S/C14H19N3/c1-17(2)11-12-6-3-4-8-14(12)16-10-13-7-5-9-15-13/h3-9,15-16H,10-11H2,1-2H3. The number of nitrogens with one attached hydrogen (secondary N) is 2. The van der Waals surface area contributed by atoms with Crippen molar-refractivity contribution in [3.63, 3.8) is 0 Å². The molecule has 1 aromatic carbocycles. The Labute approximate surface area is 102 Å². The summed E-state index contributed by atoms with van der Waals surface area (Å²) in [4.78, 5) is 5.37. The minimum atomic E-state index is 0.831. The Morgan fingerprint density at radius 1 is 1.12 bits per heavy atom. The van der Waals surface area contributed by atoms with Crippen LogP contribution in [0.1, 0.15) is 11.3 Å². The fourth-order valence-electron chi connectivity index (χ4n) is 1.84. The van der Waals surface area contributed by atoms with Gasteiger partial charge in [0.2, 0.25) is 0 Å². The number of H-pyrrole nitrogens is 1. The van der Waals surface area contributed by atoms with E-state index in [4.69, 9.17) is 0 Å². The molecule has 3 nitrogen and oxygen atoms in total. The lowest BCUT2D eigenvalue weighted by Crippen LogP contribution is -2.12. The van der Waals surface area contributed by atoms with Gasteiger partial charge in [-0.1, -0.05) is 18.2 Å². The molecule has 0 saturated heterocycles. The van der Waals surface area contributed by atoms with Crippen LogP contribution in [-0.4, -0.2) is 24.0 Å².